The SMILES string of the molecule is CCCCCCC(C)NSc1nc2ccccc2s1. The number of nitrogens with zero attached hydrogens (tertiary/aromatic N) is 1. The summed E-state index contributed by atoms with van der Waals surface area (Å²) in [6, 6.07) is 8.86. The summed E-state index contributed by atoms with van der Waals surface area (Å²) >= 11 is 3.44. The molecule has 0 aliphatic rings. The molecule has 0 fully saturated rings. The predicted octanol–water partition coefficient (Wildman–Crippen LogP) is 5.25. The number of nitrogens with one attached hydrogen (secondary N) is 1. The Morgan fingerprint density at radius 3 is 2.89 bits per heavy atom. The van der Waals surface area contributed by atoms with Crippen LogP contribution in [-0.2, 0) is 0 Å². The van der Waals surface area contributed by atoms with E-state index in [9.17, 15) is 0 Å². The van der Waals surface area contributed by atoms with Gasteiger partial charge in [-0.15, -0.1) is 11.3 Å². The molecule has 0 amide bonds. The summed E-state index contributed by atoms with van der Waals surface area (Å²) in [5, 5.41) is 0. The molecule has 2 aromatic rings. The average Bonchev–Trinajstić information content (AvgIpc) is 2.84. The van der Waals surface area contributed by atoms with Crippen molar-refractivity contribution in [3.8, 4) is 0 Å². The van der Waals surface area contributed by atoms with E-state index in [-0.39, 0.29) is 0 Å². The maximum atomic E-state index is 4.61. The lowest BCUT2D eigenvalue weighted by atomic mass is 10.1. The van der Waals surface area contributed by atoms with Gasteiger partial charge in [-0.05, 0) is 37.4 Å². The maximum absolute atomic E-state index is 4.61. The summed E-state index contributed by atoms with van der Waals surface area (Å²) in [6.45, 7) is 4.51. The number of hydrogen-bond donors (Lipinski definition) is 1. The minimum atomic E-state index is 0.550. The van der Waals surface area contributed by atoms with Crippen LogP contribution in [-0.4, -0.2) is 11.0 Å². The van der Waals surface area contributed by atoms with Crippen molar-refractivity contribution in [3.05, 3.63) is 24.3 Å². The molecule has 0 spiro atoms. The van der Waals surface area contributed by atoms with Crippen LogP contribution < -0.4 is 4.72 Å². The van der Waals surface area contributed by atoms with E-state index in [0.29, 0.717) is 6.04 Å². The van der Waals surface area contributed by atoms with E-state index in [1.807, 2.05) is 6.07 Å². The van der Waals surface area contributed by atoms with Crippen molar-refractivity contribution in [3.63, 3.8) is 0 Å². The fraction of sp³-hybridized carbons (Fsp3) is 0.533. The van der Waals surface area contributed by atoms with Gasteiger partial charge < -0.3 is 0 Å². The van der Waals surface area contributed by atoms with E-state index in [1.54, 1.807) is 23.3 Å². The first-order valence-corrected chi connectivity index (χ1v) is 8.71. The fourth-order valence-corrected chi connectivity index (χ4v) is 3.82. The van der Waals surface area contributed by atoms with E-state index in [0.717, 1.165) is 9.86 Å². The normalized spacial score (nSPS) is 12.9. The molecule has 104 valence electrons. The van der Waals surface area contributed by atoms with Crippen LogP contribution in [0.4, 0.5) is 0 Å². The second-order valence-corrected chi connectivity index (χ2v) is 7.03. The Morgan fingerprint density at radius 2 is 2.11 bits per heavy atom. The summed E-state index contributed by atoms with van der Waals surface area (Å²) in [5.41, 5.74) is 1.10. The molecule has 4 heteroatoms. The van der Waals surface area contributed by atoms with Gasteiger partial charge in [0.2, 0.25) is 0 Å². The zero-order valence-electron chi connectivity index (χ0n) is 11.7. The first-order chi connectivity index (χ1) is 9.29. The van der Waals surface area contributed by atoms with Crippen LogP contribution in [0.25, 0.3) is 10.2 Å². The number of unbranched alkanes of at least 4 members (excludes halogenated alkanes) is 3. The van der Waals surface area contributed by atoms with Gasteiger partial charge in [0.25, 0.3) is 0 Å². The molecule has 0 aliphatic carbocycles. The smallest absolute Gasteiger partial charge is 0.166 e. The van der Waals surface area contributed by atoms with E-state index in [4.69, 9.17) is 0 Å². The van der Waals surface area contributed by atoms with Crippen molar-refractivity contribution in [1.82, 2.24) is 9.71 Å². The second kappa shape index (κ2) is 7.88. The summed E-state index contributed by atoms with van der Waals surface area (Å²) < 4.78 is 5.88. The molecule has 1 aromatic carbocycles. The topological polar surface area (TPSA) is 24.9 Å². The van der Waals surface area contributed by atoms with Gasteiger partial charge in [0, 0.05) is 6.04 Å². The summed E-state index contributed by atoms with van der Waals surface area (Å²) in [5.74, 6) is 0. The van der Waals surface area contributed by atoms with Crippen molar-refractivity contribution < 1.29 is 0 Å². The zero-order chi connectivity index (χ0) is 13.5. The van der Waals surface area contributed by atoms with Crippen LogP contribution in [0, 0.1) is 0 Å². The van der Waals surface area contributed by atoms with Gasteiger partial charge in [-0.3, -0.25) is 4.72 Å². The molecule has 1 unspecified atom stereocenters. The molecule has 0 radical (unpaired) electrons. The molecular formula is C15H22N2S2. The molecule has 2 rings (SSSR count). The number of thiazole rings is 1. The Kier molecular flexibility index (Phi) is 6.14. The highest BCUT2D eigenvalue weighted by Crippen LogP contribution is 2.28. The van der Waals surface area contributed by atoms with Crippen molar-refractivity contribution in [1.29, 1.82) is 0 Å². The largest absolute Gasteiger partial charge is 0.255 e. The van der Waals surface area contributed by atoms with Gasteiger partial charge in [0.05, 0.1) is 10.2 Å². The van der Waals surface area contributed by atoms with Crippen LogP contribution in [0.3, 0.4) is 0 Å². The third-order valence-corrected chi connectivity index (χ3v) is 5.23. The minimum absolute atomic E-state index is 0.550. The molecule has 1 N–H and O–H groups in total. The minimum Gasteiger partial charge on any atom is -0.255 e. The molecule has 0 saturated carbocycles. The van der Waals surface area contributed by atoms with Gasteiger partial charge >= 0.3 is 0 Å². The monoisotopic (exact) mass is 294 g/mol. The van der Waals surface area contributed by atoms with Crippen LogP contribution in [0.2, 0.25) is 0 Å². The Balaban J connectivity index is 1.75. The lowest BCUT2D eigenvalue weighted by Gasteiger charge is -2.11. The van der Waals surface area contributed by atoms with Crippen LogP contribution >= 0.6 is 23.3 Å². The molecule has 0 saturated heterocycles. The lowest BCUT2D eigenvalue weighted by molar-refractivity contribution is 0.556. The molecule has 2 nitrogen and oxygen atoms in total. The van der Waals surface area contributed by atoms with Crippen LogP contribution in [0.15, 0.2) is 28.6 Å². The Morgan fingerprint density at radius 1 is 1.26 bits per heavy atom. The first kappa shape index (κ1) is 14.8. The number of rotatable bonds is 8. The molecule has 0 bridgehead atoms. The summed E-state index contributed by atoms with van der Waals surface area (Å²) in [4.78, 5) is 4.61. The van der Waals surface area contributed by atoms with Crippen LogP contribution in [0.1, 0.15) is 46.0 Å². The second-order valence-electron chi connectivity index (χ2n) is 4.92. The highest BCUT2D eigenvalue weighted by Gasteiger charge is 2.06. The third-order valence-electron chi connectivity index (χ3n) is 3.11. The standard InChI is InChI=1S/C15H22N2S2/c1-3-4-5-6-9-12(2)17-19-15-16-13-10-7-8-11-14(13)18-15/h7-8,10-12,17H,3-6,9H2,1-2H3. The number of fused-ring (bicyclic) bond motifs is 1. The molecule has 19 heavy (non-hydrogen) atoms. The van der Waals surface area contributed by atoms with Crippen molar-refractivity contribution >= 4 is 33.5 Å². The Hall–Kier alpha value is -0.580. The zero-order valence-corrected chi connectivity index (χ0v) is 13.3. The van der Waals surface area contributed by atoms with E-state index in [1.165, 1.54) is 36.8 Å². The molecule has 1 atom stereocenters. The summed E-state index contributed by atoms with van der Waals surface area (Å²) in [6.07, 6.45) is 6.59. The summed E-state index contributed by atoms with van der Waals surface area (Å²) in [7, 11) is 0. The van der Waals surface area contributed by atoms with Crippen molar-refractivity contribution in [2.75, 3.05) is 0 Å². The first-order valence-electron chi connectivity index (χ1n) is 7.07. The Bertz CT molecular complexity index is 463. The van der Waals surface area contributed by atoms with Gasteiger partial charge in [-0.25, -0.2) is 4.98 Å². The van der Waals surface area contributed by atoms with Gasteiger partial charge in [-0.2, -0.15) is 0 Å². The Labute approximate surface area is 124 Å². The van der Waals surface area contributed by atoms with E-state index < -0.39 is 0 Å². The molecule has 1 aromatic heterocycles. The maximum Gasteiger partial charge on any atom is 0.166 e. The molecule has 0 aliphatic heterocycles. The lowest BCUT2D eigenvalue weighted by Crippen LogP contribution is -2.18. The van der Waals surface area contributed by atoms with E-state index >= 15 is 0 Å². The van der Waals surface area contributed by atoms with Gasteiger partial charge in [0.15, 0.2) is 4.34 Å². The highest BCUT2D eigenvalue weighted by molar-refractivity contribution is 7.99. The fourth-order valence-electron chi connectivity index (χ4n) is 1.98. The predicted molar refractivity (Wildman–Crippen MR) is 86.8 cm³/mol. The number of hydrogen-bond acceptors (Lipinski definition) is 4. The van der Waals surface area contributed by atoms with Gasteiger partial charge in [0.1, 0.15) is 0 Å². The molecule has 1 heterocycles. The number of benzene rings is 1. The third kappa shape index (κ3) is 4.79. The van der Waals surface area contributed by atoms with Crippen molar-refractivity contribution in [2.24, 2.45) is 0 Å². The average molecular weight is 294 g/mol. The number of aromatic nitrogens is 1. The molecular weight excluding hydrogens is 272 g/mol. The van der Waals surface area contributed by atoms with Crippen molar-refractivity contribution in [2.45, 2.75) is 56.3 Å². The quantitative estimate of drug-likeness (QED) is 0.531. The van der Waals surface area contributed by atoms with Gasteiger partial charge in [-0.1, -0.05) is 44.7 Å². The van der Waals surface area contributed by atoms with Crippen LogP contribution in [0.5, 0.6) is 0 Å². The highest BCUT2D eigenvalue weighted by atomic mass is 32.2. The number of para-hydroxylation sites is 1. The van der Waals surface area contributed by atoms with E-state index in [2.05, 4.69) is 41.8 Å².